The Balaban J connectivity index is 2.38. The van der Waals surface area contributed by atoms with E-state index in [1.165, 1.54) is 41.6 Å². The number of carbonyl (C=O) groups is 1. The normalized spacial score (nSPS) is 18.7. The summed E-state index contributed by atoms with van der Waals surface area (Å²) in [6, 6.07) is 4.76. The van der Waals surface area contributed by atoms with E-state index >= 15 is 0 Å². The lowest BCUT2D eigenvalue weighted by Gasteiger charge is -2.41. The molecule has 9 nitrogen and oxygen atoms in total. The van der Waals surface area contributed by atoms with Gasteiger partial charge in [-0.3, -0.25) is 14.9 Å². The van der Waals surface area contributed by atoms with Crippen molar-refractivity contribution in [1.29, 1.82) is 0 Å². The third-order valence-electron chi connectivity index (χ3n) is 6.51. The van der Waals surface area contributed by atoms with Crippen LogP contribution in [0.2, 0.25) is 18.1 Å². The van der Waals surface area contributed by atoms with Crippen LogP contribution in [0.1, 0.15) is 40.5 Å². The fourth-order valence-electron chi connectivity index (χ4n) is 3.70. The lowest BCUT2D eigenvalue weighted by atomic mass is 10.0. The van der Waals surface area contributed by atoms with Crippen molar-refractivity contribution in [2.75, 3.05) is 6.54 Å². The lowest BCUT2D eigenvalue weighted by Crippen LogP contribution is -2.47. The van der Waals surface area contributed by atoms with Gasteiger partial charge in [0, 0.05) is 32.0 Å². The first-order chi connectivity index (χ1) is 16.1. The summed E-state index contributed by atoms with van der Waals surface area (Å²) >= 11 is 0. The molecule has 1 aromatic rings. The van der Waals surface area contributed by atoms with Crippen molar-refractivity contribution in [2.45, 2.75) is 81.8 Å². The van der Waals surface area contributed by atoms with Crippen LogP contribution in [0.15, 0.2) is 54.0 Å². The van der Waals surface area contributed by atoms with Crippen LogP contribution in [0.3, 0.4) is 0 Å². The summed E-state index contributed by atoms with van der Waals surface area (Å²) in [5.74, 6) is -0.442. The summed E-state index contributed by atoms with van der Waals surface area (Å²) in [6.07, 6.45) is 4.65. The topological polar surface area (TPSA) is 116 Å². The van der Waals surface area contributed by atoms with Gasteiger partial charge in [0.05, 0.1) is 11.0 Å². The zero-order chi connectivity index (χ0) is 26.6. The fourth-order valence-corrected chi connectivity index (χ4v) is 6.78. The van der Waals surface area contributed by atoms with E-state index in [2.05, 4.69) is 40.4 Å². The van der Waals surface area contributed by atoms with Gasteiger partial charge >= 0.3 is 5.97 Å². The Bertz CT molecular complexity index is 1080. The first-order valence-corrected chi connectivity index (χ1v) is 15.8. The number of benzene rings is 1. The minimum atomic E-state index is -4.15. The summed E-state index contributed by atoms with van der Waals surface area (Å²) in [6.45, 7) is 15.7. The largest absolute Gasteiger partial charge is 0.458 e. The van der Waals surface area contributed by atoms with Crippen molar-refractivity contribution >= 4 is 30.0 Å². The van der Waals surface area contributed by atoms with Gasteiger partial charge in [0.1, 0.15) is 6.10 Å². The molecule has 1 aliphatic heterocycles. The second-order valence-corrected chi connectivity index (χ2v) is 16.8. The van der Waals surface area contributed by atoms with E-state index < -0.39 is 53.2 Å². The van der Waals surface area contributed by atoms with E-state index in [-0.39, 0.29) is 16.5 Å². The van der Waals surface area contributed by atoms with Crippen LogP contribution in [0.4, 0.5) is 5.69 Å². The number of hydrogen-bond donors (Lipinski definition) is 0. The van der Waals surface area contributed by atoms with Gasteiger partial charge in [-0.1, -0.05) is 57.7 Å². The fraction of sp³-hybridized carbons (Fsp3) is 0.542. The number of rotatable bonds is 11. The minimum Gasteiger partial charge on any atom is -0.458 e. The molecule has 0 unspecified atom stereocenters. The minimum absolute atomic E-state index is 0.0979. The number of sulfonamides is 1. The predicted molar refractivity (Wildman–Crippen MR) is 137 cm³/mol. The van der Waals surface area contributed by atoms with Gasteiger partial charge < -0.3 is 9.16 Å². The van der Waals surface area contributed by atoms with E-state index in [0.29, 0.717) is 12.8 Å². The SMILES string of the molecule is C=C[C@H](C[C@H](C[C@H]1C=CCN1S(=O)(=O)c1ccccc1[N+](=O)[O-])O[Si](C)(C)C(C)(C)C)OC(C)=O. The van der Waals surface area contributed by atoms with Crippen molar-refractivity contribution in [1.82, 2.24) is 4.31 Å². The maximum absolute atomic E-state index is 13.5. The molecule has 0 bridgehead atoms. The van der Waals surface area contributed by atoms with Crippen molar-refractivity contribution in [3.63, 3.8) is 0 Å². The van der Waals surface area contributed by atoms with E-state index in [0.717, 1.165) is 0 Å². The van der Waals surface area contributed by atoms with Crippen LogP contribution in [-0.4, -0.2) is 56.7 Å². The van der Waals surface area contributed by atoms with Crippen molar-refractivity contribution in [2.24, 2.45) is 0 Å². The molecule has 0 N–H and O–H groups in total. The molecule has 194 valence electrons. The molecule has 1 aromatic carbocycles. The average molecular weight is 525 g/mol. The molecule has 0 saturated heterocycles. The summed E-state index contributed by atoms with van der Waals surface area (Å²) in [5, 5.41) is 11.4. The number of nitrogens with zero attached hydrogens (tertiary/aromatic N) is 2. The van der Waals surface area contributed by atoms with E-state index in [9.17, 15) is 23.3 Å². The highest BCUT2D eigenvalue weighted by atomic mass is 32.2. The summed E-state index contributed by atoms with van der Waals surface area (Å²) in [4.78, 5) is 22.0. The molecule has 0 fully saturated rings. The van der Waals surface area contributed by atoms with Gasteiger partial charge in [-0.15, -0.1) is 0 Å². The monoisotopic (exact) mass is 524 g/mol. The third-order valence-corrected chi connectivity index (χ3v) is 13.0. The Labute approximate surface area is 209 Å². The van der Waals surface area contributed by atoms with Gasteiger partial charge in [-0.05, 0) is 30.6 Å². The molecule has 3 atom stereocenters. The Morgan fingerprint density at radius 1 is 1.34 bits per heavy atom. The third kappa shape index (κ3) is 7.09. The van der Waals surface area contributed by atoms with Crippen LogP contribution in [0, 0.1) is 10.1 Å². The number of para-hydroxylation sites is 1. The zero-order valence-corrected chi connectivity index (χ0v) is 23.1. The molecule has 2 rings (SSSR count). The molecule has 1 aliphatic rings. The highest BCUT2D eigenvalue weighted by Gasteiger charge is 2.42. The van der Waals surface area contributed by atoms with Gasteiger partial charge in [0.15, 0.2) is 13.2 Å². The van der Waals surface area contributed by atoms with Crippen LogP contribution < -0.4 is 0 Å². The number of nitro benzene ring substituents is 1. The van der Waals surface area contributed by atoms with Crippen LogP contribution >= 0.6 is 0 Å². The van der Waals surface area contributed by atoms with E-state index in [1.54, 1.807) is 12.2 Å². The molecule has 0 spiro atoms. The molecule has 0 aromatic heterocycles. The molecule has 0 aliphatic carbocycles. The highest BCUT2D eigenvalue weighted by Crippen LogP contribution is 2.39. The predicted octanol–water partition coefficient (Wildman–Crippen LogP) is 4.81. The molecule has 1 heterocycles. The second kappa shape index (κ2) is 11.1. The van der Waals surface area contributed by atoms with Crippen molar-refractivity contribution in [3.05, 3.63) is 59.2 Å². The Hall–Kier alpha value is -2.34. The Kier molecular flexibility index (Phi) is 9.20. The molecular formula is C24H36N2O7SSi. The lowest BCUT2D eigenvalue weighted by molar-refractivity contribution is -0.387. The zero-order valence-electron chi connectivity index (χ0n) is 21.3. The average Bonchev–Trinajstić information content (AvgIpc) is 3.20. The number of carbonyl (C=O) groups excluding carboxylic acids is 1. The number of esters is 1. The van der Waals surface area contributed by atoms with Crippen LogP contribution in [0.25, 0.3) is 0 Å². The number of nitro groups is 1. The summed E-state index contributed by atoms with van der Waals surface area (Å²) in [7, 11) is -6.43. The second-order valence-electron chi connectivity index (χ2n) is 10.2. The number of hydrogen-bond acceptors (Lipinski definition) is 7. The van der Waals surface area contributed by atoms with Crippen molar-refractivity contribution < 1.29 is 27.3 Å². The molecule has 0 radical (unpaired) electrons. The number of ether oxygens (including phenoxy) is 1. The maximum Gasteiger partial charge on any atom is 0.303 e. The van der Waals surface area contributed by atoms with Gasteiger partial charge in [0.2, 0.25) is 0 Å². The quantitative estimate of drug-likeness (QED) is 0.134. The smallest absolute Gasteiger partial charge is 0.303 e. The van der Waals surface area contributed by atoms with E-state index in [4.69, 9.17) is 9.16 Å². The molecule has 0 amide bonds. The molecule has 35 heavy (non-hydrogen) atoms. The van der Waals surface area contributed by atoms with Gasteiger partial charge in [-0.25, -0.2) is 8.42 Å². The van der Waals surface area contributed by atoms with Gasteiger partial charge in [0.25, 0.3) is 15.7 Å². The van der Waals surface area contributed by atoms with Gasteiger partial charge in [-0.2, -0.15) is 4.31 Å². The highest BCUT2D eigenvalue weighted by molar-refractivity contribution is 7.89. The molecular weight excluding hydrogens is 488 g/mol. The van der Waals surface area contributed by atoms with Crippen LogP contribution in [-0.2, 0) is 24.0 Å². The summed E-state index contributed by atoms with van der Waals surface area (Å²) in [5.41, 5.74) is -0.464. The Morgan fingerprint density at radius 2 is 1.97 bits per heavy atom. The standard InChI is InChI=1S/C24H36N2O7SSi/c1-8-20(32-18(2)27)17-21(33-35(6,7)24(3,4)5)16-19-12-11-15-25(19)34(30,31)23-14-10-9-13-22(23)26(28)29/h8-14,19-21H,1,15-17H2,2-7H3/t19-,20-,21+/m1/s1. The van der Waals surface area contributed by atoms with E-state index in [1.807, 2.05) is 0 Å². The summed E-state index contributed by atoms with van der Waals surface area (Å²) < 4.78 is 40.2. The maximum atomic E-state index is 13.5. The first-order valence-electron chi connectivity index (χ1n) is 11.5. The van der Waals surface area contributed by atoms with Crippen LogP contribution in [0.5, 0.6) is 0 Å². The first kappa shape index (κ1) is 28.9. The molecule has 11 heteroatoms. The molecule has 0 saturated carbocycles. The van der Waals surface area contributed by atoms with Crippen molar-refractivity contribution in [3.8, 4) is 0 Å². The Morgan fingerprint density at radius 3 is 2.51 bits per heavy atom.